The predicted molar refractivity (Wildman–Crippen MR) is 86.5 cm³/mol. The Morgan fingerprint density at radius 3 is 2.50 bits per heavy atom. The van der Waals surface area contributed by atoms with Crippen LogP contribution in [0.5, 0.6) is 0 Å². The zero-order valence-electron chi connectivity index (χ0n) is 12.8. The summed E-state index contributed by atoms with van der Waals surface area (Å²) in [6.07, 6.45) is 0.879. The fourth-order valence-electron chi connectivity index (χ4n) is 2.33. The smallest absolute Gasteiger partial charge is 0.323 e. The fourth-order valence-corrected chi connectivity index (χ4v) is 2.33. The average Bonchev–Trinajstić information content (AvgIpc) is 2.56. The number of aliphatic hydroxyl groups excluding tert-OH is 1. The number of rotatable bonds is 5. The molecule has 2 rings (SSSR count). The summed E-state index contributed by atoms with van der Waals surface area (Å²) in [5.74, 6) is 0.493. The first-order valence-corrected chi connectivity index (χ1v) is 7.35. The summed E-state index contributed by atoms with van der Waals surface area (Å²) in [7, 11) is 0. The van der Waals surface area contributed by atoms with Crippen LogP contribution in [0.25, 0.3) is 0 Å². The normalized spacial score (nSPS) is 13.2. The molecule has 0 bridgehead atoms. The molecule has 0 radical (unpaired) electrons. The molecule has 0 saturated carbocycles. The summed E-state index contributed by atoms with van der Waals surface area (Å²) in [6, 6.07) is 14.0. The van der Waals surface area contributed by atoms with Crippen LogP contribution in [0, 0.1) is 0 Å². The molecule has 1 aromatic heterocycles. The van der Waals surface area contributed by atoms with Crippen LogP contribution in [0.2, 0.25) is 0 Å². The summed E-state index contributed by atoms with van der Waals surface area (Å²) < 4.78 is 0. The van der Waals surface area contributed by atoms with Crippen LogP contribution in [0.4, 0.5) is 10.6 Å². The van der Waals surface area contributed by atoms with Gasteiger partial charge in [0.05, 0.1) is 12.1 Å². The minimum atomic E-state index is -0.740. The number of hydrogen-bond acceptors (Lipinski definition) is 3. The SMILES string of the molecule is CCN(C(=O)Nc1ccccn1)C(C)C(O)c1ccccc1. The molecule has 5 heteroatoms. The van der Waals surface area contributed by atoms with Crippen molar-refractivity contribution < 1.29 is 9.90 Å². The quantitative estimate of drug-likeness (QED) is 0.891. The number of benzene rings is 1. The first-order chi connectivity index (χ1) is 10.6. The molecule has 0 aliphatic carbocycles. The van der Waals surface area contributed by atoms with Crippen molar-refractivity contribution in [2.45, 2.75) is 26.0 Å². The topological polar surface area (TPSA) is 65.5 Å². The monoisotopic (exact) mass is 299 g/mol. The lowest BCUT2D eigenvalue weighted by Gasteiger charge is -2.31. The van der Waals surface area contributed by atoms with E-state index < -0.39 is 6.10 Å². The molecule has 1 aromatic carbocycles. The van der Waals surface area contributed by atoms with E-state index >= 15 is 0 Å². The van der Waals surface area contributed by atoms with Gasteiger partial charge in [-0.25, -0.2) is 9.78 Å². The molecular weight excluding hydrogens is 278 g/mol. The minimum absolute atomic E-state index is 0.274. The number of amides is 2. The van der Waals surface area contributed by atoms with Gasteiger partial charge >= 0.3 is 6.03 Å². The molecule has 0 saturated heterocycles. The summed E-state index contributed by atoms with van der Waals surface area (Å²) in [4.78, 5) is 18.1. The Labute approximate surface area is 130 Å². The summed E-state index contributed by atoms with van der Waals surface area (Å²) in [6.45, 7) is 4.20. The van der Waals surface area contributed by atoms with Crippen molar-refractivity contribution in [1.82, 2.24) is 9.88 Å². The zero-order chi connectivity index (χ0) is 15.9. The van der Waals surface area contributed by atoms with Crippen molar-refractivity contribution in [3.05, 3.63) is 60.3 Å². The molecule has 2 atom stereocenters. The van der Waals surface area contributed by atoms with Crippen molar-refractivity contribution in [1.29, 1.82) is 0 Å². The van der Waals surface area contributed by atoms with E-state index in [2.05, 4.69) is 10.3 Å². The second kappa shape index (κ2) is 7.56. The van der Waals surface area contributed by atoms with Gasteiger partial charge in [-0.1, -0.05) is 36.4 Å². The van der Waals surface area contributed by atoms with Gasteiger partial charge in [0.2, 0.25) is 0 Å². The Bertz CT molecular complexity index is 589. The number of likely N-dealkylation sites (N-methyl/N-ethyl adjacent to an activating group) is 1. The molecule has 2 amide bonds. The van der Waals surface area contributed by atoms with E-state index in [-0.39, 0.29) is 12.1 Å². The van der Waals surface area contributed by atoms with Gasteiger partial charge in [-0.05, 0) is 31.5 Å². The van der Waals surface area contributed by atoms with Gasteiger partial charge in [0.15, 0.2) is 0 Å². The van der Waals surface area contributed by atoms with E-state index in [0.29, 0.717) is 12.4 Å². The maximum Gasteiger partial charge on any atom is 0.323 e. The van der Waals surface area contributed by atoms with Crippen molar-refractivity contribution >= 4 is 11.8 Å². The number of aliphatic hydroxyl groups is 1. The first kappa shape index (κ1) is 16.0. The van der Waals surface area contributed by atoms with Gasteiger partial charge in [0.1, 0.15) is 5.82 Å². The van der Waals surface area contributed by atoms with Crippen molar-refractivity contribution in [2.75, 3.05) is 11.9 Å². The van der Waals surface area contributed by atoms with Gasteiger partial charge in [-0.2, -0.15) is 0 Å². The standard InChI is InChI=1S/C17H21N3O2/c1-3-20(17(22)19-15-11-7-8-12-18-15)13(2)16(21)14-9-5-4-6-10-14/h4-13,16,21H,3H2,1-2H3,(H,18,19,22). The van der Waals surface area contributed by atoms with Crippen molar-refractivity contribution in [3.63, 3.8) is 0 Å². The molecule has 0 aliphatic rings. The minimum Gasteiger partial charge on any atom is -0.386 e. The van der Waals surface area contributed by atoms with Gasteiger partial charge in [0, 0.05) is 12.7 Å². The third-order valence-electron chi connectivity index (χ3n) is 3.59. The fraction of sp³-hybridized carbons (Fsp3) is 0.294. The van der Waals surface area contributed by atoms with Crippen molar-refractivity contribution in [2.24, 2.45) is 0 Å². The van der Waals surface area contributed by atoms with Gasteiger partial charge in [-0.15, -0.1) is 0 Å². The molecule has 0 spiro atoms. The highest BCUT2D eigenvalue weighted by molar-refractivity contribution is 5.88. The van der Waals surface area contributed by atoms with Crippen molar-refractivity contribution in [3.8, 4) is 0 Å². The van der Waals surface area contributed by atoms with E-state index in [4.69, 9.17) is 0 Å². The molecule has 22 heavy (non-hydrogen) atoms. The molecule has 2 aromatic rings. The lowest BCUT2D eigenvalue weighted by atomic mass is 10.0. The summed E-state index contributed by atoms with van der Waals surface area (Å²) in [5, 5.41) is 13.2. The Morgan fingerprint density at radius 2 is 1.91 bits per heavy atom. The molecule has 2 unspecified atom stereocenters. The number of aromatic nitrogens is 1. The number of urea groups is 1. The Balaban J connectivity index is 2.08. The maximum absolute atomic E-state index is 12.4. The lowest BCUT2D eigenvalue weighted by molar-refractivity contribution is 0.0804. The predicted octanol–water partition coefficient (Wildman–Crippen LogP) is 3.06. The second-order valence-corrected chi connectivity index (χ2v) is 5.03. The Hall–Kier alpha value is -2.40. The highest BCUT2D eigenvalue weighted by atomic mass is 16.3. The number of nitrogens with zero attached hydrogens (tertiary/aromatic N) is 2. The third kappa shape index (κ3) is 3.83. The highest BCUT2D eigenvalue weighted by Crippen LogP contribution is 2.21. The molecule has 0 fully saturated rings. The molecule has 0 aliphatic heterocycles. The third-order valence-corrected chi connectivity index (χ3v) is 3.59. The summed E-state index contributed by atoms with van der Waals surface area (Å²) in [5.41, 5.74) is 0.791. The molecular formula is C17H21N3O2. The Morgan fingerprint density at radius 1 is 1.23 bits per heavy atom. The molecule has 5 nitrogen and oxygen atoms in total. The Kier molecular flexibility index (Phi) is 5.49. The number of anilines is 1. The van der Waals surface area contributed by atoms with Crippen LogP contribution in [0.1, 0.15) is 25.5 Å². The van der Waals surface area contributed by atoms with Crippen LogP contribution in [-0.4, -0.2) is 33.6 Å². The number of carbonyl (C=O) groups excluding carboxylic acids is 1. The number of pyridine rings is 1. The number of carbonyl (C=O) groups is 1. The van der Waals surface area contributed by atoms with E-state index in [1.54, 1.807) is 29.3 Å². The average molecular weight is 299 g/mol. The van der Waals surface area contributed by atoms with Crippen LogP contribution in [0.3, 0.4) is 0 Å². The number of nitrogens with one attached hydrogen (secondary N) is 1. The van der Waals surface area contributed by atoms with Gasteiger partial charge in [-0.3, -0.25) is 5.32 Å². The van der Waals surface area contributed by atoms with E-state index in [1.807, 2.05) is 44.2 Å². The largest absolute Gasteiger partial charge is 0.386 e. The number of hydrogen-bond donors (Lipinski definition) is 2. The first-order valence-electron chi connectivity index (χ1n) is 7.35. The van der Waals surface area contributed by atoms with Crippen LogP contribution in [0.15, 0.2) is 54.7 Å². The maximum atomic E-state index is 12.4. The summed E-state index contributed by atoms with van der Waals surface area (Å²) >= 11 is 0. The molecule has 2 N–H and O–H groups in total. The van der Waals surface area contributed by atoms with E-state index in [0.717, 1.165) is 5.56 Å². The van der Waals surface area contributed by atoms with Crippen LogP contribution >= 0.6 is 0 Å². The van der Waals surface area contributed by atoms with E-state index in [9.17, 15) is 9.90 Å². The highest BCUT2D eigenvalue weighted by Gasteiger charge is 2.26. The molecule has 1 heterocycles. The molecule has 116 valence electrons. The lowest BCUT2D eigenvalue weighted by Crippen LogP contribution is -2.44. The second-order valence-electron chi connectivity index (χ2n) is 5.03. The zero-order valence-corrected chi connectivity index (χ0v) is 12.8. The van der Waals surface area contributed by atoms with Gasteiger partial charge in [0.25, 0.3) is 0 Å². The van der Waals surface area contributed by atoms with E-state index in [1.165, 1.54) is 0 Å². The van der Waals surface area contributed by atoms with Gasteiger partial charge < -0.3 is 10.0 Å². The van der Waals surface area contributed by atoms with Crippen LogP contribution < -0.4 is 5.32 Å². The van der Waals surface area contributed by atoms with Crippen LogP contribution in [-0.2, 0) is 0 Å².